The van der Waals surface area contributed by atoms with Gasteiger partial charge in [-0.05, 0) is 44.4 Å². The van der Waals surface area contributed by atoms with Gasteiger partial charge in [0.2, 0.25) is 0 Å². The van der Waals surface area contributed by atoms with E-state index in [9.17, 15) is 5.11 Å². The van der Waals surface area contributed by atoms with Crippen molar-refractivity contribution in [1.82, 2.24) is 9.97 Å². The number of rotatable bonds is 5. The number of aliphatic hydroxyl groups is 1. The fraction of sp³-hybridized carbons (Fsp3) is 0.421. The van der Waals surface area contributed by atoms with Gasteiger partial charge in [-0.25, -0.2) is 9.97 Å². The largest absolute Gasteiger partial charge is 0.488 e. The van der Waals surface area contributed by atoms with Gasteiger partial charge in [0.1, 0.15) is 23.5 Å². The molecule has 1 saturated carbocycles. The maximum atomic E-state index is 9.72. The Kier molecular flexibility index (Phi) is 4.03. The standard InChI is InChI=1S/C19H23N5O2/c1-19(5-6-19)26-13-2-3-15(20)14(8-13)18(21)16-9-17(23-11-22-16)24-7-4-12(25)10-24/h2-3,8-9,11-12,21,25H,4-7,10,20H2,1H3. The third-order valence-electron chi connectivity index (χ3n) is 5.01. The lowest BCUT2D eigenvalue weighted by Crippen LogP contribution is -2.23. The average molecular weight is 353 g/mol. The summed E-state index contributed by atoms with van der Waals surface area (Å²) in [6.07, 6.45) is 3.93. The van der Waals surface area contributed by atoms with Crippen molar-refractivity contribution >= 4 is 17.2 Å². The van der Waals surface area contributed by atoms with Crippen molar-refractivity contribution in [2.75, 3.05) is 23.7 Å². The molecule has 1 aliphatic carbocycles. The molecule has 0 spiro atoms. The number of ether oxygens (including phenoxy) is 1. The van der Waals surface area contributed by atoms with E-state index < -0.39 is 0 Å². The number of aromatic nitrogens is 2. The van der Waals surface area contributed by atoms with Crippen LogP contribution < -0.4 is 15.4 Å². The molecule has 0 amide bonds. The van der Waals surface area contributed by atoms with Gasteiger partial charge in [-0.3, -0.25) is 5.41 Å². The van der Waals surface area contributed by atoms with Gasteiger partial charge in [0, 0.05) is 30.4 Å². The van der Waals surface area contributed by atoms with Gasteiger partial charge in [0.25, 0.3) is 0 Å². The SMILES string of the molecule is CC1(Oc2ccc(N)c(C(=N)c3cc(N4CCC(O)C4)ncn3)c2)CC1. The van der Waals surface area contributed by atoms with E-state index in [0.29, 0.717) is 29.3 Å². The molecule has 1 saturated heterocycles. The summed E-state index contributed by atoms with van der Waals surface area (Å²) in [6.45, 7) is 3.37. The molecular weight excluding hydrogens is 330 g/mol. The van der Waals surface area contributed by atoms with Crippen molar-refractivity contribution in [2.24, 2.45) is 0 Å². The number of hydrogen-bond acceptors (Lipinski definition) is 7. The highest BCUT2D eigenvalue weighted by Crippen LogP contribution is 2.40. The van der Waals surface area contributed by atoms with Gasteiger partial charge >= 0.3 is 0 Å². The Balaban J connectivity index is 1.60. The molecule has 0 bridgehead atoms. The second-order valence-corrected chi connectivity index (χ2v) is 7.33. The molecule has 0 radical (unpaired) electrons. The van der Waals surface area contributed by atoms with Crippen LogP contribution >= 0.6 is 0 Å². The van der Waals surface area contributed by atoms with Crippen LogP contribution in [-0.4, -0.2) is 45.6 Å². The Morgan fingerprint density at radius 3 is 2.85 bits per heavy atom. The average Bonchev–Trinajstić information content (AvgIpc) is 3.19. The first-order chi connectivity index (χ1) is 12.4. The Bertz CT molecular complexity index is 850. The van der Waals surface area contributed by atoms with Crippen LogP contribution in [0.4, 0.5) is 11.5 Å². The topological polar surface area (TPSA) is 108 Å². The van der Waals surface area contributed by atoms with Gasteiger partial charge in [-0.1, -0.05) is 0 Å². The molecule has 1 atom stereocenters. The molecule has 1 aromatic heterocycles. The fourth-order valence-electron chi connectivity index (χ4n) is 3.12. The summed E-state index contributed by atoms with van der Waals surface area (Å²) in [4.78, 5) is 10.5. The van der Waals surface area contributed by atoms with Crippen LogP contribution in [0, 0.1) is 5.41 Å². The van der Waals surface area contributed by atoms with E-state index in [1.54, 1.807) is 12.1 Å². The van der Waals surface area contributed by atoms with Crippen molar-refractivity contribution in [1.29, 1.82) is 5.41 Å². The summed E-state index contributed by atoms with van der Waals surface area (Å²) >= 11 is 0. The van der Waals surface area contributed by atoms with Crippen LogP contribution in [0.15, 0.2) is 30.6 Å². The predicted molar refractivity (Wildman–Crippen MR) is 99.9 cm³/mol. The molecule has 2 aliphatic rings. The molecule has 2 heterocycles. The first-order valence-corrected chi connectivity index (χ1v) is 8.86. The van der Waals surface area contributed by atoms with Crippen LogP contribution in [-0.2, 0) is 0 Å². The van der Waals surface area contributed by atoms with Crippen LogP contribution in [0.1, 0.15) is 37.4 Å². The van der Waals surface area contributed by atoms with Gasteiger partial charge in [0.15, 0.2) is 0 Å². The van der Waals surface area contributed by atoms with Crippen LogP contribution in [0.3, 0.4) is 0 Å². The van der Waals surface area contributed by atoms with Crippen molar-refractivity contribution in [3.63, 3.8) is 0 Å². The highest BCUT2D eigenvalue weighted by molar-refractivity contribution is 6.13. The van der Waals surface area contributed by atoms with Gasteiger partial charge < -0.3 is 20.5 Å². The van der Waals surface area contributed by atoms with E-state index in [2.05, 4.69) is 16.9 Å². The second kappa shape index (κ2) is 6.25. The molecule has 26 heavy (non-hydrogen) atoms. The van der Waals surface area contributed by atoms with E-state index in [0.717, 1.165) is 31.6 Å². The molecule has 136 valence electrons. The number of nitrogen functional groups attached to an aromatic ring is 1. The number of nitrogens with zero attached hydrogens (tertiary/aromatic N) is 3. The Morgan fingerprint density at radius 1 is 1.35 bits per heavy atom. The van der Waals surface area contributed by atoms with Gasteiger partial charge in [-0.15, -0.1) is 0 Å². The van der Waals surface area contributed by atoms with Crippen LogP contribution in [0.2, 0.25) is 0 Å². The predicted octanol–water partition coefficient (Wildman–Crippen LogP) is 1.98. The molecule has 7 heteroatoms. The minimum atomic E-state index is -0.332. The normalized spacial score (nSPS) is 20.8. The highest BCUT2D eigenvalue weighted by Gasteiger charge is 2.40. The summed E-state index contributed by atoms with van der Waals surface area (Å²) in [6, 6.07) is 7.19. The first-order valence-electron chi connectivity index (χ1n) is 8.86. The number of aliphatic hydroxyl groups excluding tert-OH is 1. The quantitative estimate of drug-likeness (QED) is 0.560. The van der Waals surface area contributed by atoms with Crippen LogP contribution in [0.25, 0.3) is 0 Å². The highest BCUT2D eigenvalue weighted by atomic mass is 16.5. The van der Waals surface area contributed by atoms with E-state index in [4.69, 9.17) is 15.9 Å². The lowest BCUT2D eigenvalue weighted by Gasteiger charge is -2.18. The molecule has 4 N–H and O–H groups in total. The van der Waals surface area contributed by atoms with Crippen molar-refractivity contribution in [3.05, 3.63) is 41.9 Å². The second-order valence-electron chi connectivity index (χ2n) is 7.33. The van der Waals surface area contributed by atoms with Crippen molar-refractivity contribution in [2.45, 2.75) is 37.9 Å². The van der Waals surface area contributed by atoms with E-state index in [1.165, 1.54) is 6.33 Å². The lowest BCUT2D eigenvalue weighted by molar-refractivity contribution is 0.198. The number of hydrogen-bond donors (Lipinski definition) is 3. The lowest BCUT2D eigenvalue weighted by atomic mass is 10.0. The number of nitrogens with one attached hydrogen (secondary N) is 1. The number of nitrogens with two attached hydrogens (primary N) is 1. The minimum Gasteiger partial charge on any atom is -0.488 e. The molecule has 1 aromatic carbocycles. The summed E-state index contributed by atoms with van der Waals surface area (Å²) in [5.74, 6) is 1.43. The summed E-state index contributed by atoms with van der Waals surface area (Å²) in [5, 5.41) is 18.3. The number of benzene rings is 1. The first kappa shape index (κ1) is 16.8. The van der Waals surface area contributed by atoms with Crippen molar-refractivity contribution < 1.29 is 9.84 Å². The third-order valence-corrected chi connectivity index (χ3v) is 5.01. The molecule has 2 aromatic rings. The Morgan fingerprint density at radius 2 is 2.15 bits per heavy atom. The number of β-amino-alcohol motifs (C(OH)–C–C–N with tert-alkyl or cyclic N) is 1. The molecule has 2 fully saturated rings. The summed E-state index contributed by atoms with van der Waals surface area (Å²) in [7, 11) is 0. The zero-order valence-electron chi connectivity index (χ0n) is 14.8. The Hall–Kier alpha value is -2.67. The molecule has 7 nitrogen and oxygen atoms in total. The molecule has 1 aliphatic heterocycles. The molecule has 1 unspecified atom stereocenters. The van der Waals surface area contributed by atoms with E-state index in [1.807, 2.05) is 17.0 Å². The zero-order valence-corrected chi connectivity index (χ0v) is 14.8. The fourth-order valence-corrected chi connectivity index (χ4v) is 3.12. The van der Waals surface area contributed by atoms with Crippen molar-refractivity contribution in [3.8, 4) is 5.75 Å². The number of anilines is 2. The third kappa shape index (κ3) is 3.35. The molecular formula is C19H23N5O2. The van der Waals surface area contributed by atoms with Gasteiger partial charge in [0.05, 0.1) is 17.5 Å². The van der Waals surface area contributed by atoms with Gasteiger partial charge in [-0.2, -0.15) is 0 Å². The van der Waals surface area contributed by atoms with E-state index in [-0.39, 0.29) is 17.4 Å². The molecule has 4 rings (SSSR count). The van der Waals surface area contributed by atoms with Crippen LogP contribution in [0.5, 0.6) is 5.75 Å². The summed E-state index contributed by atoms with van der Waals surface area (Å²) < 4.78 is 5.99. The van der Waals surface area contributed by atoms with E-state index >= 15 is 0 Å². The minimum absolute atomic E-state index is 0.0890. The zero-order chi connectivity index (χ0) is 18.3. The monoisotopic (exact) mass is 353 g/mol. The maximum Gasteiger partial charge on any atom is 0.132 e. The smallest absolute Gasteiger partial charge is 0.132 e. The maximum absolute atomic E-state index is 9.72. The summed E-state index contributed by atoms with van der Waals surface area (Å²) in [5.41, 5.74) is 7.85. The Labute approximate surface area is 152 Å².